The molecule has 2 N–H and O–H groups in total. The molecule has 0 aliphatic heterocycles. The summed E-state index contributed by atoms with van der Waals surface area (Å²) in [6.45, 7) is 1.42. The second-order valence-electron chi connectivity index (χ2n) is 2.23. The number of nitriles is 1. The van der Waals surface area contributed by atoms with Gasteiger partial charge in [0.25, 0.3) is 0 Å². The van der Waals surface area contributed by atoms with E-state index in [1.54, 1.807) is 12.1 Å². The van der Waals surface area contributed by atoms with Crippen LogP contribution in [0.4, 0.5) is 0 Å². The Morgan fingerprint density at radius 3 is 2.55 bits per heavy atom. The van der Waals surface area contributed by atoms with Crippen molar-refractivity contribution in [2.75, 3.05) is 6.54 Å². The van der Waals surface area contributed by atoms with Gasteiger partial charge in [0.05, 0.1) is 18.2 Å². The Bertz CT molecular complexity index is 258. The van der Waals surface area contributed by atoms with Crippen molar-refractivity contribution < 1.29 is 4.57 Å². The molecule has 0 unspecified atom stereocenters. The van der Waals surface area contributed by atoms with Gasteiger partial charge < -0.3 is 5.73 Å². The van der Waals surface area contributed by atoms with Gasteiger partial charge in [-0.3, -0.25) is 0 Å². The van der Waals surface area contributed by atoms with Gasteiger partial charge in [0, 0.05) is 12.1 Å². The molecule has 0 fully saturated rings. The molecule has 3 nitrogen and oxygen atoms in total. The molecule has 56 valence electrons. The molecular weight excluding hydrogens is 138 g/mol. The first kappa shape index (κ1) is 7.70. The molecule has 3 heteroatoms. The number of nitrogens with two attached hydrogens (primary N) is 1. The maximum absolute atomic E-state index is 8.47. The third-order valence-corrected chi connectivity index (χ3v) is 1.41. The van der Waals surface area contributed by atoms with Gasteiger partial charge in [-0.05, 0) is 0 Å². The predicted octanol–water partition coefficient (Wildman–Crippen LogP) is -0.196. The van der Waals surface area contributed by atoms with Crippen LogP contribution in [0.2, 0.25) is 0 Å². The van der Waals surface area contributed by atoms with Gasteiger partial charge >= 0.3 is 0 Å². The molecule has 0 spiro atoms. The van der Waals surface area contributed by atoms with Crippen LogP contribution < -0.4 is 10.3 Å². The highest BCUT2D eigenvalue weighted by Crippen LogP contribution is 1.89. The van der Waals surface area contributed by atoms with Crippen LogP contribution in [0, 0.1) is 11.3 Å². The molecular formula is C8H10N3+. The zero-order chi connectivity index (χ0) is 8.10. The Kier molecular flexibility index (Phi) is 2.59. The minimum absolute atomic E-state index is 0.622. The van der Waals surface area contributed by atoms with Crippen LogP contribution in [0.3, 0.4) is 0 Å². The van der Waals surface area contributed by atoms with Gasteiger partial charge in [0.2, 0.25) is 0 Å². The fourth-order valence-electron chi connectivity index (χ4n) is 0.830. The van der Waals surface area contributed by atoms with Crippen molar-refractivity contribution in [2.24, 2.45) is 5.73 Å². The van der Waals surface area contributed by atoms with Crippen LogP contribution in [0.1, 0.15) is 5.56 Å². The molecule has 1 aromatic heterocycles. The first-order valence-electron chi connectivity index (χ1n) is 3.46. The summed E-state index contributed by atoms with van der Waals surface area (Å²) in [5.41, 5.74) is 6.02. The Morgan fingerprint density at radius 2 is 2.09 bits per heavy atom. The standard InChI is InChI=1S/C8H10N3/c9-3-6-11-4-1-8(7-10)2-5-11/h1-2,4-5H,3,6,9H2/q+1. The fraction of sp³-hybridized carbons (Fsp3) is 0.250. The molecule has 0 bridgehead atoms. The normalized spacial score (nSPS) is 9.09. The number of aromatic nitrogens is 1. The molecule has 1 heterocycles. The largest absolute Gasteiger partial charge is 0.325 e. The lowest BCUT2D eigenvalue weighted by molar-refractivity contribution is -0.694. The van der Waals surface area contributed by atoms with Crippen LogP contribution >= 0.6 is 0 Å². The molecule has 1 aromatic rings. The van der Waals surface area contributed by atoms with Crippen molar-refractivity contribution >= 4 is 0 Å². The minimum atomic E-state index is 0.622. The van der Waals surface area contributed by atoms with Gasteiger partial charge in [-0.15, -0.1) is 0 Å². The van der Waals surface area contributed by atoms with E-state index in [2.05, 4.69) is 6.07 Å². The maximum atomic E-state index is 8.47. The van der Waals surface area contributed by atoms with E-state index in [-0.39, 0.29) is 0 Å². The zero-order valence-electron chi connectivity index (χ0n) is 6.20. The highest BCUT2D eigenvalue weighted by molar-refractivity contribution is 5.23. The van der Waals surface area contributed by atoms with E-state index in [9.17, 15) is 0 Å². The molecule has 0 saturated heterocycles. The molecule has 0 aromatic carbocycles. The summed E-state index contributed by atoms with van der Waals surface area (Å²) < 4.78 is 1.95. The fourth-order valence-corrected chi connectivity index (χ4v) is 0.830. The molecule has 0 atom stereocenters. The molecule has 0 aliphatic carbocycles. The van der Waals surface area contributed by atoms with E-state index in [0.717, 1.165) is 6.54 Å². The van der Waals surface area contributed by atoms with Crippen LogP contribution in [0.15, 0.2) is 24.5 Å². The lowest BCUT2D eigenvalue weighted by Gasteiger charge is -1.91. The van der Waals surface area contributed by atoms with Gasteiger partial charge in [-0.2, -0.15) is 5.26 Å². The average Bonchev–Trinajstić information content (AvgIpc) is 2.07. The van der Waals surface area contributed by atoms with E-state index < -0.39 is 0 Å². The Hall–Kier alpha value is -1.40. The smallest absolute Gasteiger partial charge is 0.170 e. The first-order valence-corrected chi connectivity index (χ1v) is 3.46. The van der Waals surface area contributed by atoms with Crippen molar-refractivity contribution in [3.05, 3.63) is 30.1 Å². The lowest BCUT2D eigenvalue weighted by Crippen LogP contribution is -2.36. The maximum Gasteiger partial charge on any atom is 0.170 e. The third kappa shape index (κ3) is 2.03. The van der Waals surface area contributed by atoms with E-state index >= 15 is 0 Å². The second kappa shape index (κ2) is 3.69. The van der Waals surface area contributed by atoms with Crippen molar-refractivity contribution in [3.63, 3.8) is 0 Å². The van der Waals surface area contributed by atoms with Crippen LogP contribution in [0.5, 0.6) is 0 Å². The summed E-state index contributed by atoms with van der Waals surface area (Å²) in [6, 6.07) is 5.60. The van der Waals surface area contributed by atoms with Crippen LogP contribution in [-0.2, 0) is 6.54 Å². The molecule has 0 amide bonds. The summed E-state index contributed by atoms with van der Waals surface area (Å²) >= 11 is 0. The topological polar surface area (TPSA) is 53.7 Å². The number of hydrogen-bond acceptors (Lipinski definition) is 2. The summed E-state index contributed by atoms with van der Waals surface area (Å²) in [7, 11) is 0. The van der Waals surface area contributed by atoms with Gasteiger partial charge in [0.1, 0.15) is 0 Å². The van der Waals surface area contributed by atoms with E-state index in [0.29, 0.717) is 12.1 Å². The highest BCUT2D eigenvalue weighted by atomic mass is 14.9. The van der Waals surface area contributed by atoms with Gasteiger partial charge in [-0.25, -0.2) is 4.57 Å². The molecule has 0 saturated carbocycles. The van der Waals surface area contributed by atoms with E-state index in [1.807, 2.05) is 17.0 Å². The summed E-state index contributed by atoms with van der Waals surface area (Å²) in [5, 5.41) is 8.47. The highest BCUT2D eigenvalue weighted by Gasteiger charge is 1.96. The second-order valence-corrected chi connectivity index (χ2v) is 2.23. The molecule has 0 radical (unpaired) electrons. The number of nitrogens with zero attached hydrogens (tertiary/aromatic N) is 2. The van der Waals surface area contributed by atoms with Crippen LogP contribution in [-0.4, -0.2) is 6.54 Å². The number of rotatable bonds is 2. The summed E-state index contributed by atoms with van der Waals surface area (Å²) in [5.74, 6) is 0. The summed E-state index contributed by atoms with van der Waals surface area (Å²) in [4.78, 5) is 0. The minimum Gasteiger partial charge on any atom is -0.325 e. The first-order chi connectivity index (χ1) is 5.36. The summed E-state index contributed by atoms with van der Waals surface area (Å²) in [6.07, 6.45) is 3.71. The Labute approximate surface area is 65.7 Å². The molecule has 11 heavy (non-hydrogen) atoms. The van der Waals surface area contributed by atoms with Crippen molar-refractivity contribution in [2.45, 2.75) is 6.54 Å². The number of pyridine rings is 1. The van der Waals surface area contributed by atoms with Crippen molar-refractivity contribution in [1.29, 1.82) is 5.26 Å². The molecule has 1 rings (SSSR count). The SMILES string of the molecule is N#Cc1cc[n+](CCN)cc1. The van der Waals surface area contributed by atoms with Crippen molar-refractivity contribution in [1.82, 2.24) is 0 Å². The average molecular weight is 148 g/mol. The van der Waals surface area contributed by atoms with E-state index in [4.69, 9.17) is 11.0 Å². The van der Waals surface area contributed by atoms with Gasteiger partial charge in [-0.1, -0.05) is 0 Å². The van der Waals surface area contributed by atoms with Gasteiger partial charge in [0.15, 0.2) is 18.9 Å². The van der Waals surface area contributed by atoms with E-state index in [1.165, 1.54) is 0 Å². The quantitative estimate of drug-likeness (QED) is 0.591. The monoisotopic (exact) mass is 148 g/mol. The lowest BCUT2D eigenvalue weighted by atomic mass is 10.3. The van der Waals surface area contributed by atoms with Crippen LogP contribution in [0.25, 0.3) is 0 Å². The Balaban J connectivity index is 2.76. The third-order valence-electron chi connectivity index (χ3n) is 1.41. The number of hydrogen-bond donors (Lipinski definition) is 1. The zero-order valence-corrected chi connectivity index (χ0v) is 6.20. The predicted molar refractivity (Wildman–Crippen MR) is 40.4 cm³/mol. The Morgan fingerprint density at radius 1 is 1.45 bits per heavy atom. The van der Waals surface area contributed by atoms with Crippen molar-refractivity contribution in [3.8, 4) is 6.07 Å². The molecule has 0 aliphatic rings.